The highest BCUT2D eigenvalue weighted by Gasteiger charge is 1.81. The largest absolute Gasteiger partial charge is 0.237 e. The maximum atomic E-state index is 3.58. The zero-order valence-electron chi connectivity index (χ0n) is 3.14. The van der Waals surface area contributed by atoms with Crippen molar-refractivity contribution in [3.8, 4) is 0 Å². The van der Waals surface area contributed by atoms with E-state index in [1.165, 1.54) is 0 Å². The van der Waals surface area contributed by atoms with E-state index in [1.54, 1.807) is 11.8 Å². The molecule has 2 radical (unpaired) electrons. The van der Waals surface area contributed by atoms with E-state index in [0.717, 1.165) is 5.75 Å². The predicted octanol–water partition coefficient (Wildman–Crippen LogP) is 0.955. The van der Waals surface area contributed by atoms with Gasteiger partial charge in [-0.15, -0.1) is 0 Å². The molecular weight excluding hydrogens is 94.1 g/mol. The summed E-state index contributed by atoms with van der Waals surface area (Å²) in [5.74, 6) is 0.976. The van der Waals surface area contributed by atoms with E-state index in [-0.39, 0.29) is 0 Å². The Balaban J connectivity index is 2.46. The molecule has 0 aromatic heterocycles. The summed E-state index contributed by atoms with van der Waals surface area (Å²) in [6, 6.07) is 0. The molecule has 1 nitrogen and oxygen atoms in total. The van der Waals surface area contributed by atoms with Crippen LogP contribution in [0.5, 0.6) is 0 Å². The summed E-state index contributed by atoms with van der Waals surface area (Å²) in [7, 11) is 0. The Labute approximate surface area is 41.2 Å². The van der Waals surface area contributed by atoms with Crippen LogP contribution in [0.3, 0.4) is 0 Å². The Morgan fingerprint density at radius 3 is 3.00 bits per heavy atom. The minimum Gasteiger partial charge on any atom is -0.237 e. The first-order valence-electron chi connectivity index (χ1n) is 1.64. The molecule has 0 spiro atoms. The van der Waals surface area contributed by atoms with E-state index >= 15 is 0 Å². The van der Waals surface area contributed by atoms with Crippen molar-refractivity contribution in [2.24, 2.45) is 4.99 Å². The normalized spacial score (nSPS) is 18.7. The second-order valence-electron chi connectivity index (χ2n) is 0.847. The monoisotopic (exact) mass is 97.0 g/mol. The molecule has 0 amide bonds. The van der Waals surface area contributed by atoms with Crippen LogP contribution in [0.15, 0.2) is 11.1 Å². The van der Waals surface area contributed by atoms with E-state index in [2.05, 4.69) is 16.7 Å². The molecule has 0 fully saturated rings. The fraction of sp³-hybridized carbons (Fsp3) is 0.250. The molecule has 1 rings (SSSR count). The molecular formula is C4H3NS. The summed E-state index contributed by atoms with van der Waals surface area (Å²) < 4.78 is 0. The van der Waals surface area contributed by atoms with Gasteiger partial charge in [0.05, 0.1) is 6.20 Å². The van der Waals surface area contributed by atoms with Crippen molar-refractivity contribution in [3.05, 3.63) is 12.3 Å². The van der Waals surface area contributed by atoms with Crippen LogP contribution in [0.1, 0.15) is 0 Å². The van der Waals surface area contributed by atoms with Gasteiger partial charge in [-0.2, -0.15) is 0 Å². The summed E-state index contributed by atoms with van der Waals surface area (Å²) in [6.45, 7) is 0. The van der Waals surface area contributed by atoms with Gasteiger partial charge in [0.25, 0.3) is 0 Å². The third-order valence-corrected chi connectivity index (χ3v) is 0.986. The standard InChI is InChI=1S/C4H3NS/c1-2-5-4-6-3-1/h1H,3H2. The van der Waals surface area contributed by atoms with Crippen LogP contribution in [0.2, 0.25) is 0 Å². The lowest BCUT2D eigenvalue weighted by Crippen LogP contribution is -1.74. The highest BCUT2D eigenvalue weighted by molar-refractivity contribution is 8.12. The van der Waals surface area contributed by atoms with Gasteiger partial charge in [-0.05, 0) is 6.08 Å². The Morgan fingerprint density at radius 2 is 2.83 bits per heavy atom. The number of hydrogen-bond acceptors (Lipinski definition) is 2. The number of rotatable bonds is 0. The Kier molecular flexibility index (Phi) is 1.33. The Bertz CT molecular complexity index is 73.5. The first-order valence-corrected chi connectivity index (χ1v) is 2.62. The first-order chi connectivity index (χ1) is 3.00. The minimum atomic E-state index is 0.976. The summed E-state index contributed by atoms with van der Waals surface area (Å²) in [5.41, 5.74) is 2.68. The van der Waals surface area contributed by atoms with Gasteiger partial charge in [0.2, 0.25) is 0 Å². The fourth-order valence-corrected chi connectivity index (χ4v) is 0.570. The van der Waals surface area contributed by atoms with Crippen molar-refractivity contribution >= 4 is 17.3 Å². The van der Waals surface area contributed by atoms with Gasteiger partial charge in [-0.25, -0.2) is 4.99 Å². The lowest BCUT2D eigenvalue weighted by molar-refractivity contribution is 1.48. The van der Waals surface area contributed by atoms with Crippen molar-refractivity contribution < 1.29 is 0 Å². The molecule has 30 valence electrons. The van der Waals surface area contributed by atoms with E-state index in [0.29, 0.717) is 0 Å². The van der Waals surface area contributed by atoms with Crippen molar-refractivity contribution in [1.29, 1.82) is 0 Å². The molecule has 0 aromatic carbocycles. The van der Waals surface area contributed by atoms with Crippen molar-refractivity contribution in [1.82, 2.24) is 0 Å². The van der Waals surface area contributed by atoms with Gasteiger partial charge in [-0.3, -0.25) is 0 Å². The van der Waals surface area contributed by atoms with Gasteiger partial charge in [0.1, 0.15) is 5.55 Å². The van der Waals surface area contributed by atoms with Crippen LogP contribution >= 0.6 is 11.8 Å². The number of thioether (sulfide) groups is 1. The van der Waals surface area contributed by atoms with E-state index in [4.69, 9.17) is 0 Å². The molecule has 1 aliphatic rings. The molecule has 6 heavy (non-hydrogen) atoms. The van der Waals surface area contributed by atoms with Crippen LogP contribution in [-0.4, -0.2) is 11.3 Å². The molecule has 1 aliphatic heterocycles. The summed E-state index contributed by atoms with van der Waals surface area (Å²) in [4.78, 5) is 3.58. The number of aliphatic imine (C=N–C) groups is 1. The fourth-order valence-electron chi connectivity index (χ4n) is 0.220. The summed E-state index contributed by atoms with van der Waals surface area (Å²) in [5, 5.41) is 0. The van der Waals surface area contributed by atoms with Crippen LogP contribution in [0.4, 0.5) is 0 Å². The Hall–Kier alpha value is -0.240. The highest BCUT2D eigenvalue weighted by Crippen LogP contribution is 1.98. The molecule has 0 atom stereocenters. The van der Waals surface area contributed by atoms with E-state index in [9.17, 15) is 0 Å². The molecule has 2 heteroatoms. The van der Waals surface area contributed by atoms with Gasteiger partial charge in [0, 0.05) is 5.75 Å². The van der Waals surface area contributed by atoms with Gasteiger partial charge < -0.3 is 0 Å². The average Bonchev–Trinajstić information content (AvgIpc) is 1.72. The van der Waals surface area contributed by atoms with Gasteiger partial charge >= 0.3 is 0 Å². The minimum absolute atomic E-state index is 0.976. The van der Waals surface area contributed by atoms with E-state index < -0.39 is 0 Å². The molecule has 0 aliphatic carbocycles. The number of nitrogens with zero attached hydrogens (tertiary/aromatic N) is 1. The SMILES string of the molecule is [C]1=CCS[C]=N1. The quantitative estimate of drug-likeness (QED) is 0.438. The maximum Gasteiger partial charge on any atom is 0.129 e. The first kappa shape index (κ1) is 3.93. The third kappa shape index (κ3) is 0.863. The molecule has 0 saturated heterocycles. The van der Waals surface area contributed by atoms with Crippen molar-refractivity contribution in [2.75, 3.05) is 5.75 Å². The maximum absolute atomic E-state index is 3.58. The molecule has 1 heterocycles. The average molecular weight is 97.1 g/mol. The summed E-state index contributed by atoms with van der Waals surface area (Å²) >= 11 is 1.56. The predicted molar refractivity (Wildman–Crippen MR) is 27.7 cm³/mol. The molecule has 0 saturated carbocycles. The van der Waals surface area contributed by atoms with E-state index in [1.807, 2.05) is 6.08 Å². The Morgan fingerprint density at radius 1 is 1.83 bits per heavy atom. The van der Waals surface area contributed by atoms with Crippen molar-refractivity contribution in [2.45, 2.75) is 0 Å². The van der Waals surface area contributed by atoms with Crippen LogP contribution in [0, 0.1) is 6.20 Å². The zero-order valence-corrected chi connectivity index (χ0v) is 3.96. The second kappa shape index (κ2) is 2.03. The third-order valence-electron chi connectivity index (χ3n) is 0.433. The molecule has 0 N–H and O–H groups in total. The second-order valence-corrected chi connectivity index (χ2v) is 1.65. The lowest BCUT2D eigenvalue weighted by Gasteiger charge is -1.85. The van der Waals surface area contributed by atoms with Crippen LogP contribution in [-0.2, 0) is 0 Å². The van der Waals surface area contributed by atoms with Crippen LogP contribution < -0.4 is 0 Å². The highest BCUT2D eigenvalue weighted by atomic mass is 32.2. The smallest absolute Gasteiger partial charge is 0.129 e. The zero-order chi connectivity index (χ0) is 4.24. The molecule has 0 bridgehead atoms. The van der Waals surface area contributed by atoms with Gasteiger partial charge in [-0.1, -0.05) is 11.8 Å². The van der Waals surface area contributed by atoms with Crippen molar-refractivity contribution in [3.63, 3.8) is 0 Å². The summed E-state index contributed by atoms with van der Waals surface area (Å²) in [6.07, 6.45) is 4.53. The molecule has 0 aromatic rings. The van der Waals surface area contributed by atoms with Crippen LogP contribution in [0.25, 0.3) is 0 Å². The molecule has 0 unspecified atom stereocenters. The topological polar surface area (TPSA) is 12.4 Å². The lowest BCUT2D eigenvalue weighted by atomic mass is 10.7. The van der Waals surface area contributed by atoms with Gasteiger partial charge in [0.15, 0.2) is 0 Å². The number of hydrogen-bond donors (Lipinski definition) is 0.